The molecule has 0 spiro atoms. The highest BCUT2D eigenvalue weighted by Crippen LogP contribution is 2.13. The summed E-state index contributed by atoms with van der Waals surface area (Å²) < 4.78 is 0. The van der Waals surface area contributed by atoms with Gasteiger partial charge in [-0.25, -0.2) is 0 Å². The second kappa shape index (κ2) is 13.4. The molecule has 0 saturated heterocycles. The van der Waals surface area contributed by atoms with Crippen molar-refractivity contribution in [1.82, 2.24) is 0 Å². The van der Waals surface area contributed by atoms with Crippen LogP contribution >= 0.6 is 0 Å². The molecule has 0 saturated carbocycles. The first kappa shape index (κ1) is 17.9. The molecule has 0 rings (SSSR count). The summed E-state index contributed by atoms with van der Waals surface area (Å²) in [5, 5.41) is 18.6. The highest BCUT2D eigenvalue weighted by molar-refractivity contribution is 4.61. The molecule has 0 aromatic carbocycles. The van der Waals surface area contributed by atoms with Gasteiger partial charge in [0.15, 0.2) is 0 Å². The molecule has 2 heteroatoms. The first-order chi connectivity index (χ1) is 8.68. The molecule has 110 valence electrons. The van der Waals surface area contributed by atoms with Crippen LogP contribution in [0.4, 0.5) is 0 Å². The standard InChI is InChI=1S/C16H34O2/c1-3-4-5-6-7-8-9-10-11-12-13-14-16(18)15(2)17/h15-18H,3-14H2,1-2H3. The summed E-state index contributed by atoms with van der Waals surface area (Å²) in [6.45, 7) is 3.91. The maximum Gasteiger partial charge on any atom is 0.0796 e. The molecule has 2 nitrogen and oxygen atoms in total. The fourth-order valence-electron chi connectivity index (χ4n) is 2.26. The smallest absolute Gasteiger partial charge is 0.0796 e. The lowest BCUT2D eigenvalue weighted by atomic mass is 10.0. The first-order valence-corrected chi connectivity index (χ1v) is 8.04. The van der Waals surface area contributed by atoms with Crippen molar-refractivity contribution in [2.45, 2.75) is 103 Å². The predicted molar refractivity (Wildman–Crippen MR) is 78.8 cm³/mol. The van der Waals surface area contributed by atoms with E-state index in [1.165, 1.54) is 64.2 Å². The van der Waals surface area contributed by atoms with Gasteiger partial charge in [0.05, 0.1) is 12.2 Å². The first-order valence-electron chi connectivity index (χ1n) is 8.04. The van der Waals surface area contributed by atoms with Gasteiger partial charge in [-0.05, 0) is 13.3 Å². The highest BCUT2D eigenvalue weighted by Gasteiger charge is 2.09. The molecule has 2 N–H and O–H groups in total. The van der Waals surface area contributed by atoms with Crippen molar-refractivity contribution in [3.63, 3.8) is 0 Å². The molecule has 0 bridgehead atoms. The Morgan fingerprint density at radius 1 is 0.667 bits per heavy atom. The fourth-order valence-corrected chi connectivity index (χ4v) is 2.26. The van der Waals surface area contributed by atoms with Crippen molar-refractivity contribution in [3.05, 3.63) is 0 Å². The minimum absolute atomic E-state index is 0.524. The normalized spacial score (nSPS) is 14.7. The Labute approximate surface area is 114 Å². The molecule has 0 radical (unpaired) electrons. The third kappa shape index (κ3) is 12.4. The lowest BCUT2D eigenvalue weighted by Crippen LogP contribution is -2.21. The molecular formula is C16H34O2. The van der Waals surface area contributed by atoms with E-state index in [1.54, 1.807) is 6.92 Å². The van der Waals surface area contributed by atoms with Gasteiger partial charge in [0.2, 0.25) is 0 Å². The maximum absolute atomic E-state index is 9.42. The third-order valence-corrected chi connectivity index (χ3v) is 3.66. The van der Waals surface area contributed by atoms with E-state index in [4.69, 9.17) is 5.11 Å². The number of hydrogen-bond acceptors (Lipinski definition) is 2. The topological polar surface area (TPSA) is 40.5 Å². The van der Waals surface area contributed by atoms with Crippen molar-refractivity contribution in [3.8, 4) is 0 Å². The second-order valence-corrected chi connectivity index (χ2v) is 5.63. The van der Waals surface area contributed by atoms with Crippen LogP contribution < -0.4 is 0 Å². The second-order valence-electron chi connectivity index (χ2n) is 5.63. The van der Waals surface area contributed by atoms with Gasteiger partial charge in [-0.15, -0.1) is 0 Å². The van der Waals surface area contributed by atoms with Crippen LogP contribution in [0.5, 0.6) is 0 Å². The van der Waals surface area contributed by atoms with Crippen molar-refractivity contribution in [2.24, 2.45) is 0 Å². The minimum atomic E-state index is -0.576. The molecule has 0 aromatic heterocycles. The van der Waals surface area contributed by atoms with Crippen LogP contribution in [0, 0.1) is 0 Å². The number of hydrogen-bond donors (Lipinski definition) is 2. The quantitative estimate of drug-likeness (QED) is 0.480. The van der Waals surface area contributed by atoms with Gasteiger partial charge in [-0.1, -0.05) is 77.6 Å². The van der Waals surface area contributed by atoms with Crippen LogP contribution in [0.2, 0.25) is 0 Å². The van der Waals surface area contributed by atoms with Gasteiger partial charge < -0.3 is 10.2 Å². The zero-order chi connectivity index (χ0) is 13.6. The summed E-state index contributed by atoms with van der Waals surface area (Å²) in [5.74, 6) is 0. The molecule has 0 aliphatic rings. The van der Waals surface area contributed by atoms with E-state index in [0.717, 1.165) is 12.8 Å². The Morgan fingerprint density at radius 3 is 1.44 bits per heavy atom. The van der Waals surface area contributed by atoms with Crippen molar-refractivity contribution < 1.29 is 10.2 Å². The van der Waals surface area contributed by atoms with Crippen LogP contribution in [0.1, 0.15) is 90.9 Å². The highest BCUT2D eigenvalue weighted by atomic mass is 16.3. The zero-order valence-corrected chi connectivity index (χ0v) is 12.5. The van der Waals surface area contributed by atoms with Gasteiger partial charge in [0.1, 0.15) is 0 Å². The zero-order valence-electron chi connectivity index (χ0n) is 12.5. The van der Waals surface area contributed by atoms with Crippen molar-refractivity contribution >= 4 is 0 Å². The Kier molecular flexibility index (Phi) is 13.3. The van der Waals surface area contributed by atoms with E-state index in [1.807, 2.05) is 0 Å². The fraction of sp³-hybridized carbons (Fsp3) is 1.00. The van der Waals surface area contributed by atoms with E-state index < -0.39 is 12.2 Å². The average molecular weight is 258 g/mol. The lowest BCUT2D eigenvalue weighted by Gasteiger charge is -2.12. The van der Waals surface area contributed by atoms with E-state index >= 15 is 0 Å². The van der Waals surface area contributed by atoms with E-state index in [2.05, 4.69) is 6.92 Å². The van der Waals surface area contributed by atoms with Crippen molar-refractivity contribution in [2.75, 3.05) is 0 Å². The predicted octanol–water partition coefficient (Wildman–Crippen LogP) is 4.43. The summed E-state index contributed by atoms with van der Waals surface area (Å²) in [6, 6.07) is 0. The summed E-state index contributed by atoms with van der Waals surface area (Å²) in [5.41, 5.74) is 0. The Balaban J connectivity index is 3.03. The van der Waals surface area contributed by atoms with Gasteiger partial charge >= 0.3 is 0 Å². The Morgan fingerprint density at radius 2 is 1.06 bits per heavy atom. The number of aliphatic hydroxyl groups excluding tert-OH is 2. The largest absolute Gasteiger partial charge is 0.391 e. The molecular weight excluding hydrogens is 224 g/mol. The Bertz CT molecular complexity index is 157. The van der Waals surface area contributed by atoms with Crippen LogP contribution in [0.25, 0.3) is 0 Å². The summed E-state index contributed by atoms with van der Waals surface area (Å²) >= 11 is 0. The van der Waals surface area contributed by atoms with Gasteiger partial charge in [0.25, 0.3) is 0 Å². The number of aliphatic hydroxyl groups is 2. The van der Waals surface area contributed by atoms with Crippen LogP contribution in [0.15, 0.2) is 0 Å². The molecule has 0 aromatic rings. The van der Waals surface area contributed by atoms with Crippen LogP contribution in [-0.4, -0.2) is 22.4 Å². The van der Waals surface area contributed by atoms with Crippen LogP contribution in [0.3, 0.4) is 0 Å². The molecule has 0 amide bonds. The molecule has 0 aliphatic heterocycles. The van der Waals surface area contributed by atoms with Gasteiger partial charge in [-0.3, -0.25) is 0 Å². The van der Waals surface area contributed by atoms with Crippen LogP contribution in [-0.2, 0) is 0 Å². The molecule has 0 heterocycles. The molecule has 2 unspecified atom stereocenters. The van der Waals surface area contributed by atoms with E-state index in [-0.39, 0.29) is 0 Å². The summed E-state index contributed by atoms with van der Waals surface area (Å²) in [7, 11) is 0. The third-order valence-electron chi connectivity index (χ3n) is 3.66. The molecule has 0 fully saturated rings. The van der Waals surface area contributed by atoms with Gasteiger partial charge in [-0.2, -0.15) is 0 Å². The average Bonchev–Trinajstić information content (AvgIpc) is 2.35. The lowest BCUT2D eigenvalue weighted by molar-refractivity contribution is 0.0247. The van der Waals surface area contributed by atoms with Gasteiger partial charge in [0, 0.05) is 0 Å². The Hall–Kier alpha value is -0.0800. The minimum Gasteiger partial charge on any atom is -0.391 e. The van der Waals surface area contributed by atoms with Crippen molar-refractivity contribution in [1.29, 1.82) is 0 Å². The number of rotatable bonds is 13. The summed E-state index contributed by atoms with van der Waals surface area (Å²) in [4.78, 5) is 0. The van der Waals surface area contributed by atoms with E-state index in [0.29, 0.717) is 0 Å². The SMILES string of the molecule is CCCCCCCCCCCCCC(O)C(C)O. The molecule has 2 atom stereocenters. The molecule has 0 aliphatic carbocycles. The molecule has 18 heavy (non-hydrogen) atoms. The van der Waals surface area contributed by atoms with E-state index in [9.17, 15) is 5.11 Å². The summed E-state index contributed by atoms with van der Waals surface area (Å²) in [6.07, 6.45) is 14.2. The maximum atomic E-state index is 9.42. The number of unbranched alkanes of at least 4 members (excludes halogenated alkanes) is 10. The monoisotopic (exact) mass is 258 g/mol.